The molecule has 4 nitrogen and oxygen atoms in total. The van der Waals surface area contributed by atoms with Gasteiger partial charge in [0.05, 0.1) is 5.56 Å². The van der Waals surface area contributed by atoms with Gasteiger partial charge in [0.15, 0.2) is 0 Å². The molecule has 2 aromatic rings. The van der Waals surface area contributed by atoms with Crippen molar-refractivity contribution in [2.45, 2.75) is 12.7 Å². The van der Waals surface area contributed by atoms with Crippen LogP contribution in [0.1, 0.15) is 16.7 Å². The maximum Gasteiger partial charge on any atom is 0.416 e. The fraction of sp³-hybridized carbons (Fsp3) is 0.125. The Bertz CT molecular complexity index is 834. The van der Waals surface area contributed by atoms with E-state index >= 15 is 0 Å². The topological polar surface area (TPSA) is 73.2 Å². The SMILES string of the molecule is N=C(C(=O)O)c1ccc(C(F)(F)F)cc1NCc1ccc(F)cc1F. The van der Waals surface area contributed by atoms with Gasteiger partial charge in [-0.1, -0.05) is 6.07 Å². The minimum Gasteiger partial charge on any atom is -0.477 e. The predicted molar refractivity (Wildman–Crippen MR) is 79.6 cm³/mol. The van der Waals surface area contributed by atoms with Gasteiger partial charge in [-0.3, -0.25) is 5.41 Å². The Morgan fingerprint density at radius 2 is 1.80 bits per heavy atom. The number of halogens is 5. The molecule has 0 radical (unpaired) electrons. The highest BCUT2D eigenvalue weighted by atomic mass is 19.4. The lowest BCUT2D eigenvalue weighted by molar-refractivity contribution is -0.137. The zero-order valence-electron chi connectivity index (χ0n) is 12.4. The molecule has 9 heteroatoms. The summed E-state index contributed by atoms with van der Waals surface area (Å²) in [7, 11) is 0. The number of anilines is 1. The summed E-state index contributed by atoms with van der Waals surface area (Å²) in [5.41, 5.74) is -2.60. The summed E-state index contributed by atoms with van der Waals surface area (Å²) in [4.78, 5) is 10.9. The number of rotatable bonds is 5. The Kier molecular flexibility index (Phi) is 5.05. The van der Waals surface area contributed by atoms with Crippen LogP contribution >= 0.6 is 0 Å². The van der Waals surface area contributed by atoms with Crippen molar-refractivity contribution >= 4 is 17.4 Å². The van der Waals surface area contributed by atoms with Crippen LogP contribution in [0, 0.1) is 17.0 Å². The molecule has 25 heavy (non-hydrogen) atoms. The van der Waals surface area contributed by atoms with Gasteiger partial charge in [-0.2, -0.15) is 13.2 Å². The normalized spacial score (nSPS) is 11.2. The van der Waals surface area contributed by atoms with Crippen LogP contribution in [0.25, 0.3) is 0 Å². The van der Waals surface area contributed by atoms with Gasteiger partial charge in [0.1, 0.15) is 17.3 Å². The van der Waals surface area contributed by atoms with Crippen LogP contribution in [-0.4, -0.2) is 16.8 Å². The second kappa shape index (κ2) is 6.88. The molecule has 0 aliphatic carbocycles. The largest absolute Gasteiger partial charge is 0.477 e. The Morgan fingerprint density at radius 1 is 1.12 bits per heavy atom. The van der Waals surface area contributed by atoms with E-state index in [0.29, 0.717) is 18.2 Å². The highest BCUT2D eigenvalue weighted by Gasteiger charge is 2.31. The summed E-state index contributed by atoms with van der Waals surface area (Å²) in [5, 5.41) is 18.8. The monoisotopic (exact) mass is 358 g/mol. The molecular formula is C16H11F5N2O2. The molecule has 3 N–H and O–H groups in total. The van der Waals surface area contributed by atoms with Crippen LogP contribution in [0.5, 0.6) is 0 Å². The molecular weight excluding hydrogens is 347 g/mol. The first-order valence-corrected chi connectivity index (χ1v) is 6.81. The average molecular weight is 358 g/mol. The van der Waals surface area contributed by atoms with Crippen molar-refractivity contribution < 1.29 is 31.9 Å². The number of alkyl halides is 3. The Labute approximate surface area is 138 Å². The van der Waals surface area contributed by atoms with E-state index in [4.69, 9.17) is 10.5 Å². The van der Waals surface area contributed by atoms with Crippen LogP contribution in [0.15, 0.2) is 36.4 Å². The van der Waals surface area contributed by atoms with Gasteiger partial charge >= 0.3 is 12.1 Å². The zero-order chi connectivity index (χ0) is 18.8. The van der Waals surface area contributed by atoms with Crippen molar-refractivity contribution in [1.29, 1.82) is 5.41 Å². The summed E-state index contributed by atoms with van der Waals surface area (Å²) >= 11 is 0. The molecule has 0 aromatic heterocycles. The molecule has 0 unspecified atom stereocenters. The van der Waals surface area contributed by atoms with E-state index in [1.54, 1.807) is 0 Å². The molecule has 2 aromatic carbocycles. The van der Waals surface area contributed by atoms with Crippen molar-refractivity contribution in [2.75, 3.05) is 5.32 Å². The maximum atomic E-state index is 13.6. The molecule has 0 saturated heterocycles. The van der Waals surface area contributed by atoms with Crippen LogP contribution in [-0.2, 0) is 17.5 Å². The number of aliphatic carboxylic acids is 1. The second-order valence-corrected chi connectivity index (χ2v) is 5.03. The van der Waals surface area contributed by atoms with Crippen molar-refractivity contribution in [1.82, 2.24) is 0 Å². The molecule has 0 aliphatic heterocycles. The molecule has 2 rings (SSSR count). The molecule has 0 saturated carbocycles. The lowest BCUT2D eigenvalue weighted by Gasteiger charge is -2.15. The van der Waals surface area contributed by atoms with E-state index in [1.165, 1.54) is 0 Å². The Morgan fingerprint density at radius 3 is 2.36 bits per heavy atom. The summed E-state index contributed by atoms with van der Waals surface area (Å²) in [6.07, 6.45) is -4.68. The van der Waals surface area contributed by atoms with Gasteiger partial charge in [0.25, 0.3) is 0 Å². The van der Waals surface area contributed by atoms with Gasteiger partial charge in [0.2, 0.25) is 0 Å². The Hall–Kier alpha value is -2.97. The lowest BCUT2D eigenvalue weighted by atomic mass is 10.0. The molecule has 0 fully saturated rings. The number of carboxylic acid groups (broad SMARTS) is 1. The highest BCUT2D eigenvalue weighted by Crippen LogP contribution is 2.32. The van der Waals surface area contributed by atoms with E-state index < -0.39 is 35.1 Å². The number of carboxylic acids is 1. The second-order valence-electron chi connectivity index (χ2n) is 5.03. The van der Waals surface area contributed by atoms with Crippen LogP contribution in [0.3, 0.4) is 0 Å². The van der Waals surface area contributed by atoms with Crippen molar-refractivity contribution in [3.05, 3.63) is 64.7 Å². The molecule has 132 valence electrons. The molecule has 0 heterocycles. The number of hydrogen-bond acceptors (Lipinski definition) is 3. The van der Waals surface area contributed by atoms with Gasteiger partial charge in [-0.25, -0.2) is 13.6 Å². The number of nitrogens with one attached hydrogen (secondary N) is 2. The first-order chi connectivity index (χ1) is 11.6. The number of carbonyl (C=O) groups is 1. The third kappa shape index (κ3) is 4.31. The van der Waals surface area contributed by atoms with Gasteiger partial charge in [0, 0.05) is 29.4 Å². The van der Waals surface area contributed by atoms with E-state index in [1.807, 2.05) is 0 Å². The number of hydrogen-bond donors (Lipinski definition) is 3. The first kappa shape index (κ1) is 18.4. The minimum atomic E-state index is -4.68. The maximum absolute atomic E-state index is 13.6. The van der Waals surface area contributed by atoms with Gasteiger partial charge in [-0.05, 0) is 24.3 Å². The standard InChI is InChI=1S/C16H11F5N2O2/c17-10-3-1-8(12(18)6-10)7-23-13-5-9(16(19,20)21)2-4-11(13)14(22)15(24)25/h1-6,22-23H,7H2,(H,24,25). The third-order valence-corrected chi connectivity index (χ3v) is 3.31. The van der Waals surface area contributed by atoms with Crippen LogP contribution in [0.2, 0.25) is 0 Å². The van der Waals surface area contributed by atoms with Crippen molar-refractivity contribution in [3.63, 3.8) is 0 Å². The highest BCUT2D eigenvalue weighted by molar-refractivity contribution is 6.42. The zero-order valence-corrected chi connectivity index (χ0v) is 12.4. The van der Waals surface area contributed by atoms with Crippen molar-refractivity contribution in [3.8, 4) is 0 Å². The summed E-state index contributed by atoms with van der Waals surface area (Å²) < 4.78 is 65.0. The molecule has 0 atom stereocenters. The minimum absolute atomic E-state index is 0.0355. The molecule has 0 amide bonds. The third-order valence-electron chi connectivity index (χ3n) is 3.31. The van der Waals surface area contributed by atoms with E-state index in [0.717, 1.165) is 18.2 Å². The van der Waals surface area contributed by atoms with Crippen molar-refractivity contribution in [2.24, 2.45) is 0 Å². The van der Waals surface area contributed by atoms with Gasteiger partial charge < -0.3 is 10.4 Å². The smallest absolute Gasteiger partial charge is 0.416 e. The molecule has 0 spiro atoms. The van der Waals surface area contributed by atoms with E-state index in [9.17, 15) is 26.7 Å². The predicted octanol–water partition coefficient (Wildman–Crippen LogP) is 4.05. The lowest BCUT2D eigenvalue weighted by Crippen LogP contribution is -2.17. The fourth-order valence-electron chi connectivity index (χ4n) is 2.06. The summed E-state index contributed by atoms with van der Waals surface area (Å²) in [5.74, 6) is -3.35. The quantitative estimate of drug-likeness (QED) is 0.558. The van der Waals surface area contributed by atoms with E-state index in [2.05, 4.69) is 5.32 Å². The molecule has 0 aliphatic rings. The summed E-state index contributed by atoms with van der Waals surface area (Å²) in [6, 6.07) is 4.83. The van der Waals surface area contributed by atoms with Gasteiger partial charge in [-0.15, -0.1) is 0 Å². The average Bonchev–Trinajstić information content (AvgIpc) is 2.52. The first-order valence-electron chi connectivity index (χ1n) is 6.81. The summed E-state index contributed by atoms with van der Waals surface area (Å²) in [6.45, 7) is -0.326. The molecule has 0 bridgehead atoms. The van der Waals surface area contributed by atoms with Crippen LogP contribution in [0.4, 0.5) is 27.6 Å². The van der Waals surface area contributed by atoms with Crippen LogP contribution < -0.4 is 5.32 Å². The fourth-order valence-corrected chi connectivity index (χ4v) is 2.06. The number of benzene rings is 2. The Balaban J connectivity index is 2.38. The van der Waals surface area contributed by atoms with E-state index in [-0.39, 0.29) is 23.4 Å².